The molecule has 0 bridgehead atoms. The molecule has 7 nitrogen and oxygen atoms in total. The minimum Gasteiger partial charge on any atom is -0.462 e. The second kappa shape index (κ2) is 8.40. The number of anilines is 1. The Morgan fingerprint density at radius 2 is 2.30 bits per heavy atom. The van der Waals surface area contributed by atoms with Gasteiger partial charge >= 0.3 is 5.97 Å². The predicted octanol–water partition coefficient (Wildman–Crippen LogP) is 1.72. The molecule has 2 heterocycles. The average Bonchev–Trinajstić information content (AvgIpc) is 2.55. The van der Waals surface area contributed by atoms with Crippen LogP contribution in [0.5, 0.6) is 0 Å². The first kappa shape index (κ1) is 17.1. The summed E-state index contributed by atoms with van der Waals surface area (Å²) in [6.07, 6.45) is 5.19. The fourth-order valence-electron chi connectivity index (χ4n) is 1.99. The third-order valence-corrected chi connectivity index (χ3v) is 3.20. The molecule has 2 N–H and O–H groups in total. The van der Waals surface area contributed by atoms with E-state index in [2.05, 4.69) is 20.3 Å². The lowest BCUT2D eigenvalue weighted by Crippen LogP contribution is -2.28. The minimum atomic E-state index is -0.551. The lowest BCUT2D eigenvalue weighted by molar-refractivity contribution is 0.0526. The quantitative estimate of drug-likeness (QED) is 0.586. The van der Waals surface area contributed by atoms with Crippen LogP contribution in [0.3, 0.4) is 0 Å². The zero-order valence-corrected chi connectivity index (χ0v) is 13.3. The largest absolute Gasteiger partial charge is 0.462 e. The van der Waals surface area contributed by atoms with Crippen molar-refractivity contribution in [2.75, 3.05) is 18.5 Å². The number of ether oxygens (including phenoxy) is 1. The summed E-state index contributed by atoms with van der Waals surface area (Å²) in [5.41, 5.74) is 1.11. The minimum absolute atomic E-state index is 0.00128. The van der Waals surface area contributed by atoms with Gasteiger partial charge in [0.25, 0.3) is 0 Å². The van der Waals surface area contributed by atoms with E-state index in [1.807, 2.05) is 12.1 Å². The Balaban J connectivity index is 2.19. The van der Waals surface area contributed by atoms with E-state index in [1.54, 1.807) is 19.3 Å². The zero-order valence-electron chi connectivity index (χ0n) is 12.6. The number of esters is 1. The maximum absolute atomic E-state index is 11.9. The molecule has 0 amide bonds. The average molecular weight is 337 g/mol. The van der Waals surface area contributed by atoms with Crippen LogP contribution in [0, 0.1) is 0 Å². The van der Waals surface area contributed by atoms with Crippen molar-refractivity contribution in [1.29, 1.82) is 0 Å². The molecule has 0 spiro atoms. The smallest absolute Gasteiger partial charge is 0.343 e. The van der Waals surface area contributed by atoms with Crippen LogP contribution in [-0.4, -0.2) is 45.3 Å². The van der Waals surface area contributed by atoms with Crippen molar-refractivity contribution in [1.82, 2.24) is 15.0 Å². The van der Waals surface area contributed by atoms with Gasteiger partial charge in [-0.25, -0.2) is 9.78 Å². The van der Waals surface area contributed by atoms with Crippen LogP contribution in [0.25, 0.3) is 0 Å². The molecule has 0 unspecified atom stereocenters. The summed E-state index contributed by atoms with van der Waals surface area (Å²) in [6, 6.07) is 3.35. The number of pyridine rings is 1. The summed E-state index contributed by atoms with van der Waals surface area (Å²) in [5, 5.41) is 12.6. The van der Waals surface area contributed by atoms with Gasteiger partial charge in [0.2, 0.25) is 5.28 Å². The molecule has 2 aromatic rings. The number of aliphatic hydroxyl groups is 1. The normalized spacial score (nSPS) is 11.8. The molecular weight excluding hydrogens is 320 g/mol. The number of carbonyl (C=O) groups excluding carboxylic acids is 1. The van der Waals surface area contributed by atoms with Crippen molar-refractivity contribution in [3.63, 3.8) is 0 Å². The number of nitrogens with zero attached hydrogens (tertiary/aromatic N) is 3. The summed E-state index contributed by atoms with van der Waals surface area (Å²) < 4.78 is 4.97. The van der Waals surface area contributed by atoms with E-state index >= 15 is 0 Å². The highest BCUT2D eigenvalue weighted by Gasteiger charge is 2.18. The number of carbonyl (C=O) groups is 1. The Morgan fingerprint density at radius 3 is 2.96 bits per heavy atom. The zero-order chi connectivity index (χ0) is 16.7. The van der Waals surface area contributed by atoms with Crippen molar-refractivity contribution in [3.05, 3.63) is 47.1 Å². The summed E-state index contributed by atoms with van der Waals surface area (Å²) >= 11 is 5.80. The maximum atomic E-state index is 11.9. The molecule has 23 heavy (non-hydrogen) atoms. The monoisotopic (exact) mass is 336 g/mol. The Kier molecular flexibility index (Phi) is 6.25. The van der Waals surface area contributed by atoms with E-state index in [9.17, 15) is 9.90 Å². The van der Waals surface area contributed by atoms with Gasteiger partial charge in [0.1, 0.15) is 11.4 Å². The summed E-state index contributed by atoms with van der Waals surface area (Å²) in [7, 11) is 0. The second-order valence-corrected chi connectivity index (χ2v) is 5.05. The molecule has 8 heteroatoms. The summed E-state index contributed by atoms with van der Waals surface area (Å²) in [6.45, 7) is 1.79. The molecule has 0 fully saturated rings. The van der Waals surface area contributed by atoms with Gasteiger partial charge in [-0.15, -0.1) is 0 Å². The Morgan fingerprint density at radius 1 is 1.48 bits per heavy atom. The first-order chi connectivity index (χ1) is 11.1. The molecule has 122 valence electrons. The van der Waals surface area contributed by atoms with Crippen molar-refractivity contribution in [3.8, 4) is 0 Å². The third-order valence-electron chi connectivity index (χ3n) is 3.02. The maximum Gasteiger partial charge on any atom is 0.343 e. The van der Waals surface area contributed by atoms with Crippen LogP contribution in [0.2, 0.25) is 5.28 Å². The van der Waals surface area contributed by atoms with E-state index in [-0.39, 0.29) is 35.9 Å². The van der Waals surface area contributed by atoms with Crippen molar-refractivity contribution >= 4 is 23.4 Å². The fourth-order valence-corrected chi connectivity index (χ4v) is 2.12. The Bertz CT molecular complexity index is 654. The molecule has 0 aromatic carbocycles. The van der Waals surface area contributed by atoms with Crippen LogP contribution < -0.4 is 5.32 Å². The van der Waals surface area contributed by atoms with Crippen LogP contribution in [-0.2, 0) is 11.2 Å². The molecule has 0 radical (unpaired) electrons. The number of hydrogen-bond acceptors (Lipinski definition) is 7. The van der Waals surface area contributed by atoms with Crippen molar-refractivity contribution in [2.24, 2.45) is 0 Å². The standard InChI is InChI=1S/C15H17ClN4O3/c1-2-23-14(22)12-8-18-15(16)20-13(12)19-11(9-21)6-10-4-3-5-17-7-10/h3-5,7-8,11,21H,2,6,9H2,1H3,(H,18,19,20)/t11-/m0/s1. The lowest BCUT2D eigenvalue weighted by atomic mass is 10.1. The number of rotatable bonds is 7. The topological polar surface area (TPSA) is 97.2 Å². The summed E-state index contributed by atoms with van der Waals surface area (Å²) in [5.74, 6) is -0.323. The Hall–Kier alpha value is -2.25. The molecule has 0 saturated carbocycles. The number of aliphatic hydroxyl groups excluding tert-OH is 1. The van der Waals surface area contributed by atoms with E-state index < -0.39 is 5.97 Å². The molecule has 1 atom stereocenters. The molecule has 2 aromatic heterocycles. The first-order valence-corrected chi connectivity index (χ1v) is 7.47. The van der Waals surface area contributed by atoms with Crippen LogP contribution in [0.4, 0.5) is 5.82 Å². The van der Waals surface area contributed by atoms with Crippen LogP contribution in [0.15, 0.2) is 30.7 Å². The number of hydrogen-bond donors (Lipinski definition) is 2. The first-order valence-electron chi connectivity index (χ1n) is 7.10. The van der Waals surface area contributed by atoms with Gasteiger partial charge in [0.15, 0.2) is 0 Å². The van der Waals surface area contributed by atoms with E-state index in [4.69, 9.17) is 16.3 Å². The van der Waals surface area contributed by atoms with Gasteiger partial charge in [-0.1, -0.05) is 6.07 Å². The number of aromatic nitrogens is 3. The third kappa shape index (κ3) is 4.87. The second-order valence-electron chi connectivity index (χ2n) is 4.71. The Labute approximate surface area is 138 Å². The van der Waals surface area contributed by atoms with E-state index in [0.29, 0.717) is 6.42 Å². The van der Waals surface area contributed by atoms with Gasteiger partial charge in [0, 0.05) is 18.6 Å². The highest BCUT2D eigenvalue weighted by molar-refractivity contribution is 6.28. The fraction of sp³-hybridized carbons (Fsp3) is 0.333. The van der Waals surface area contributed by atoms with Gasteiger partial charge in [-0.2, -0.15) is 4.98 Å². The number of halogens is 1. The van der Waals surface area contributed by atoms with Gasteiger partial charge in [-0.05, 0) is 36.6 Å². The number of nitrogens with one attached hydrogen (secondary N) is 1. The molecule has 0 aliphatic rings. The summed E-state index contributed by atoms with van der Waals surface area (Å²) in [4.78, 5) is 23.8. The van der Waals surface area contributed by atoms with Crippen molar-refractivity contribution in [2.45, 2.75) is 19.4 Å². The van der Waals surface area contributed by atoms with Gasteiger partial charge in [0.05, 0.1) is 19.3 Å². The predicted molar refractivity (Wildman–Crippen MR) is 85.4 cm³/mol. The molecule has 0 aliphatic heterocycles. The molecule has 2 rings (SSSR count). The molecule has 0 saturated heterocycles. The SMILES string of the molecule is CCOC(=O)c1cnc(Cl)nc1N[C@H](CO)Cc1cccnc1. The molecular formula is C15H17ClN4O3. The van der Waals surface area contributed by atoms with E-state index in [1.165, 1.54) is 6.20 Å². The van der Waals surface area contributed by atoms with Gasteiger partial charge in [-0.3, -0.25) is 4.98 Å². The van der Waals surface area contributed by atoms with Crippen molar-refractivity contribution < 1.29 is 14.6 Å². The van der Waals surface area contributed by atoms with Crippen LogP contribution in [0.1, 0.15) is 22.8 Å². The molecule has 0 aliphatic carbocycles. The van der Waals surface area contributed by atoms with E-state index in [0.717, 1.165) is 5.56 Å². The van der Waals surface area contributed by atoms with Gasteiger partial charge < -0.3 is 15.2 Å². The van der Waals surface area contributed by atoms with Crippen LogP contribution >= 0.6 is 11.6 Å². The lowest BCUT2D eigenvalue weighted by Gasteiger charge is -2.18. The highest BCUT2D eigenvalue weighted by Crippen LogP contribution is 2.17. The highest BCUT2D eigenvalue weighted by atomic mass is 35.5.